The molecule has 3 aromatic rings. The highest BCUT2D eigenvalue weighted by Gasteiger charge is 2.15. The molecule has 0 saturated carbocycles. The number of halogens is 1. The van der Waals surface area contributed by atoms with Crippen molar-refractivity contribution in [3.05, 3.63) is 89.1 Å². The molecule has 0 aliphatic carbocycles. The Morgan fingerprint density at radius 2 is 1.67 bits per heavy atom. The average molecular weight is 513 g/mol. The van der Waals surface area contributed by atoms with Gasteiger partial charge in [-0.15, -0.1) is 0 Å². The van der Waals surface area contributed by atoms with Gasteiger partial charge >= 0.3 is 0 Å². The first-order chi connectivity index (χ1) is 14.5. The molecule has 0 aliphatic rings. The minimum absolute atomic E-state index is 0.335. The number of carbonyl (C=O) groups excluding carboxylic acids is 2. The summed E-state index contributed by atoms with van der Waals surface area (Å²) in [4.78, 5) is 33.5. The van der Waals surface area contributed by atoms with Crippen molar-refractivity contribution >= 4 is 51.7 Å². The number of nitrogens with zero attached hydrogens (tertiary/aromatic N) is 2. The predicted molar refractivity (Wildman–Crippen MR) is 127 cm³/mol. The lowest BCUT2D eigenvalue weighted by atomic mass is 10.1. The summed E-state index contributed by atoms with van der Waals surface area (Å²) >= 11 is 2.25. The molecule has 0 saturated heterocycles. The Labute approximate surface area is 188 Å². The minimum Gasteiger partial charge on any atom is -0.384 e. The standard InChI is InChI=1S/C22H20IN5O2/c1-25-20(24)15-7-9-16(10-8-15)21(29)27-18-5-3-2-4-17(18)22(30)28-19-11-6-14(12-23)13-26-19/h2-11,13H,12H2,1H3,(H2,24,25)(H,27,29)(H,26,28,30). The Morgan fingerprint density at radius 3 is 2.30 bits per heavy atom. The molecule has 1 heterocycles. The zero-order chi connectivity index (χ0) is 21.5. The second kappa shape index (κ2) is 9.97. The van der Waals surface area contributed by atoms with Crippen molar-refractivity contribution < 1.29 is 9.59 Å². The molecule has 0 unspecified atom stereocenters. The van der Waals surface area contributed by atoms with E-state index in [4.69, 9.17) is 5.73 Å². The first kappa shape index (κ1) is 21.4. The van der Waals surface area contributed by atoms with Crippen LogP contribution in [0, 0.1) is 0 Å². The summed E-state index contributed by atoms with van der Waals surface area (Å²) in [7, 11) is 1.60. The SMILES string of the molecule is CN=C(N)c1ccc(C(=O)Nc2ccccc2C(=O)Nc2ccc(CI)cn2)cc1. The van der Waals surface area contributed by atoms with E-state index in [1.807, 2.05) is 6.07 Å². The van der Waals surface area contributed by atoms with Gasteiger partial charge in [0.1, 0.15) is 11.7 Å². The molecule has 0 radical (unpaired) electrons. The zero-order valence-corrected chi connectivity index (χ0v) is 18.4. The van der Waals surface area contributed by atoms with Crippen molar-refractivity contribution in [2.24, 2.45) is 10.7 Å². The van der Waals surface area contributed by atoms with E-state index < -0.39 is 0 Å². The molecule has 2 aromatic carbocycles. The van der Waals surface area contributed by atoms with E-state index >= 15 is 0 Å². The molecule has 0 fully saturated rings. The molecule has 8 heteroatoms. The summed E-state index contributed by atoms with van der Waals surface area (Å²) in [5, 5.41) is 5.55. The van der Waals surface area contributed by atoms with Gasteiger partial charge in [0.05, 0.1) is 11.3 Å². The Morgan fingerprint density at radius 1 is 0.967 bits per heavy atom. The number of aliphatic imine (C=N–C) groups is 1. The van der Waals surface area contributed by atoms with Gasteiger partial charge in [-0.2, -0.15) is 0 Å². The number of amidine groups is 1. The summed E-state index contributed by atoms with van der Waals surface area (Å²) in [6, 6.07) is 17.2. The maximum Gasteiger partial charge on any atom is 0.258 e. The van der Waals surface area contributed by atoms with Crippen LogP contribution in [0.3, 0.4) is 0 Å². The van der Waals surface area contributed by atoms with Gasteiger partial charge in [-0.25, -0.2) is 4.98 Å². The zero-order valence-electron chi connectivity index (χ0n) is 16.2. The summed E-state index contributed by atoms with van der Waals surface area (Å²) < 4.78 is 0.840. The number of carbonyl (C=O) groups is 2. The molecule has 7 nitrogen and oxygen atoms in total. The first-order valence-electron chi connectivity index (χ1n) is 9.07. The number of aromatic nitrogens is 1. The lowest BCUT2D eigenvalue weighted by Crippen LogP contribution is -2.19. The van der Waals surface area contributed by atoms with Crippen LogP contribution in [0.25, 0.3) is 0 Å². The molecule has 0 atom stereocenters. The van der Waals surface area contributed by atoms with E-state index in [1.165, 1.54) is 0 Å². The molecular weight excluding hydrogens is 493 g/mol. The highest BCUT2D eigenvalue weighted by atomic mass is 127. The highest BCUT2D eigenvalue weighted by Crippen LogP contribution is 2.18. The Balaban J connectivity index is 1.75. The average Bonchev–Trinajstić information content (AvgIpc) is 2.79. The summed E-state index contributed by atoms with van der Waals surface area (Å²) in [5.74, 6) is 0.144. The Kier molecular flexibility index (Phi) is 7.12. The largest absolute Gasteiger partial charge is 0.384 e. The van der Waals surface area contributed by atoms with Gasteiger partial charge < -0.3 is 16.4 Å². The lowest BCUT2D eigenvalue weighted by molar-refractivity contribution is 0.102. The highest BCUT2D eigenvalue weighted by molar-refractivity contribution is 14.1. The number of anilines is 2. The number of nitrogens with one attached hydrogen (secondary N) is 2. The van der Waals surface area contributed by atoms with Crippen LogP contribution < -0.4 is 16.4 Å². The maximum absolute atomic E-state index is 12.7. The molecule has 0 spiro atoms. The molecular formula is C22H20IN5O2. The van der Waals surface area contributed by atoms with E-state index in [2.05, 4.69) is 43.2 Å². The van der Waals surface area contributed by atoms with Crippen LogP contribution in [0.4, 0.5) is 11.5 Å². The smallest absolute Gasteiger partial charge is 0.258 e. The summed E-state index contributed by atoms with van der Waals surface area (Å²) in [5.41, 5.74) is 8.76. The van der Waals surface area contributed by atoms with Gasteiger partial charge in [0.15, 0.2) is 0 Å². The van der Waals surface area contributed by atoms with Gasteiger partial charge in [0.25, 0.3) is 11.8 Å². The second-order valence-electron chi connectivity index (χ2n) is 6.33. The quantitative estimate of drug-likeness (QED) is 0.201. The van der Waals surface area contributed by atoms with Crippen LogP contribution in [0.5, 0.6) is 0 Å². The lowest BCUT2D eigenvalue weighted by Gasteiger charge is -2.12. The van der Waals surface area contributed by atoms with Gasteiger partial charge in [0.2, 0.25) is 0 Å². The summed E-state index contributed by atoms with van der Waals surface area (Å²) in [6.45, 7) is 0. The number of para-hydroxylation sites is 1. The van der Waals surface area contributed by atoms with E-state index in [0.717, 1.165) is 15.6 Å². The fourth-order valence-corrected chi connectivity index (χ4v) is 3.12. The van der Waals surface area contributed by atoms with Crippen molar-refractivity contribution in [3.63, 3.8) is 0 Å². The predicted octanol–water partition coefficient (Wildman–Crippen LogP) is 3.86. The van der Waals surface area contributed by atoms with Crippen LogP contribution in [-0.2, 0) is 4.43 Å². The molecule has 0 aliphatic heterocycles. The van der Waals surface area contributed by atoms with E-state index in [9.17, 15) is 9.59 Å². The Bertz CT molecular complexity index is 1080. The van der Waals surface area contributed by atoms with Gasteiger partial charge in [0, 0.05) is 28.8 Å². The van der Waals surface area contributed by atoms with Gasteiger partial charge in [-0.1, -0.05) is 52.9 Å². The fourth-order valence-electron chi connectivity index (χ4n) is 2.67. The number of benzene rings is 2. The first-order valence-corrected chi connectivity index (χ1v) is 10.6. The number of amides is 2. The van der Waals surface area contributed by atoms with E-state index in [0.29, 0.717) is 28.5 Å². The van der Waals surface area contributed by atoms with Gasteiger partial charge in [-0.3, -0.25) is 14.6 Å². The van der Waals surface area contributed by atoms with Crippen molar-refractivity contribution in [1.29, 1.82) is 0 Å². The van der Waals surface area contributed by atoms with Crippen LogP contribution >= 0.6 is 22.6 Å². The minimum atomic E-state index is -0.358. The van der Waals surface area contributed by atoms with Crippen LogP contribution in [0.2, 0.25) is 0 Å². The Hall–Kier alpha value is -3.27. The molecule has 0 bridgehead atoms. The second-order valence-corrected chi connectivity index (χ2v) is 7.09. The fraction of sp³-hybridized carbons (Fsp3) is 0.0909. The number of alkyl halides is 1. The van der Waals surface area contributed by atoms with Crippen molar-refractivity contribution in [3.8, 4) is 0 Å². The normalized spacial score (nSPS) is 11.1. The van der Waals surface area contributed by atoms with E-state index in [-0.39, 0.29) is 11.8 Å². The topological polar surface area (TPSA) is 109 Å². The number of hydrogen-bond donors (Lipinski definition) is 3. The third kappa shape index (κ3) is 5.20. The van der Waals surface area contributed by atoms with Crippen molar-refractivity contribution in [1.82, 2.24) is 4.98 Å². The molecule has 152 valence electrons. The van der Waals surface area contributed by atoms with Gasteiger partial charge in [-0.05, 0) is 35.9 Å². The monoisotopic (exact) mass is 513 g/mol. The number of rotatable bonds is 6. The van der Waals surface area contributed by atoms with Crippen molar-refractivity contribution in [2.75, 3.05) is 17.7 Å². The number of pyridine rings is 1. The third-order valence-corrected chi connectivity index (χ3v) is 5.21. The molecule has 3 rings (SSSR count). The molecule has 30 heavy (non-hydrogen) atoms. The maximum atomic E-state index is 12.7. The number of nitrogens with two attached hydrogens (primary N) is 1. The van der Waals surface area contributed by atoms with Crippen LogP contribution in [0.1, 0.15) is 31.8 Å². The van der Waals surface area contributed by atoms with Crippen LogP contribution in [-0.4, -0.2) is 29.7 Å². The number of hydrogen-bond acceptors (Lipinski definition) is 4. The molecule has 1 aromatic heterocycles. The molecule has 4 N–H and O–H groups in total. The molecule has 2 amide bonds. The summed E-state index contributed by atoms with van der Waals surface area (Å²) in [6.07, 6.45) is 1.72. The van der Waals surface area contributed by atoms with E-state index in [1.54, 1.807) is 67.8 Å². The van der Waals surface area contributed by atoms with Crippen molar-refractivity contribution in [2.45, 2.75) is 4.43 Å². The third-order valence-electron chi connectivity index (χ3n) is 4.32. The van der Waals surface area contributed by atoms with Crippen LogP contribution in [0.15, 0.2) is 71.9 Å².